The number of nitrogens with zero attached hydrogens (tertiary/aromatic N) is 1. The van der Waals surface area contributed by atoms with Gasteiger partial charge >= 0.3 is 0 Å². The number of anilines is 1. The van der Waals surface area contributed by atoms with Crippen molar-refractivity contribution in [2.75, 3.05) is 25.6 Å². The van der Waals surface area contributed by atoms with Gasteiger partial charge in [0, 0.05) is 26.0 Å². The number of aryl methyl sites for hydroxylation is 2. The van der Waals surface area contributed by atoms with Crippen molar-refractivity contribution in [2.24, 2.45) is 0 Å². The highest BCUT2D eigenvalue weighted by Crippen LogP contribution is 2.12. The Morgan fingerprint density at radius 3 is 2.82 bits per heavy atom. The van der Waals surface area contributed by atoms with Gasteiger partial charge in [0.25, 0.3) is 0 Å². The van der Waals surface area contributed by atoms with Crippen LogP contribution in [0.1, 0.15) is 17.8 Å². The van der Waals surface area contributed by atoms with Crippen LogP contribution in [0.2, 0.25) is 0 Å². The number of hydrogen-bond donors (Lipinski definition) is 2. The third kappa shape index (κ3) is 5.10. The minimum atomic E-state index is 0.620. The minimum absolute atomic E-state index is 0.620. The van der Waals surface area contributed by atoms with Gasteiger partial charge in [-0.25, -0.2) is 0 Å². The number of methoxy groups -OCH3 is 1. The Bertz CT molecular complexity index is 382. The van der Waals surface area contributed by atoms with Crippen LogP contribution in [0.3, 0.4) is 0 Å². The molecule has 0 saturated heterocycles. The van der Waals surface area contributed by atoms with E-state index in [0.29, 0.717) is 5.11 Å². The van der Waals surface area contributed by atoms with Gasteiger partial charge in [-0.2, -0.15) is 0 Å². The normalized spacial score (nSPS) is 10.1. The van der Waals surface area contributed by atoms with Gasteiger partial charge in [-0.05, 0) is 44.6 Å². The molecule has 17 heavy (non-hydrogen) atoms. The van der Waals surface area contributed by atoms with Crippen molar-refractivity contribution in [2.45, 2.75) is 20.3 Å². The quantitative estimate of drug-likeness (QED) is 0.621. The summed E-state index contributed by atoms with van der Waals surface area (Å²) < 4.78 is 4.96. The summed E-state index contributed by atoms with van der Waals surface area (Å²) in [6, 6.07) is 3.95. The summed E-state index contributed by atoms with van der Waals surface area (Å²) in [6.07, 6.45) is 0.934. The molecule has 4 nitrogen and oxygen atoms in total. The average molecular weight is 253 g/mol. The molecule has 2 N–H and O–H groups in total. The Kier molecular flexibility index (Phi) is 5.86. The van der Waals surface area contributed by atoms with Crippen molar-refractivity contribution >= 4 is 23.0 Å². The van der Waals surface area contributed by atoms with Gasteiger partial charge in [-0.1, -0.05) is 0 Å². The Morgan fingerprint density at radius 2 is 2.18 bits per heavy atom. The van der Waals surface area contributed by atoms with Crippen LogP contribution in [0.15, 0.2) is 12.1 Å². The Hall–Kier alpha value is -1.20. The molecule has 1 rings (SSSR count). The molecule has 0 saturated carbocycles. The number of nitrogens with one attached hydrogen (secondary N) is 2. The monoisotopic (exact) mass is 253 g/mol. The molecule has 0 aliphatic heterocycles. The zero-order chi connectivity index (χ0) is 12.7. The van der Waals surface area contributed by atoms with E-state index in [-0.39, 0.29) is 0 Å². The van der Waals surface area contributed by atoms with Gasteiger partial charge in [-0.3, -0.25) is 4.98 Å². The molecular weight excluding hydrogens is 234 g/mol. The molecule has 1 aromatic heterocycles. The predicted molar refractivity (Wildman–Crippen MR) is 74.4 cm³/mol. The molecule has 94 valence electrons. The standard InChI is InChI=1S/C12H19N3OS/c1-9-5-6-11(10(2)14-9)15-12(17)13-7-4-8-16-3/h5-6H,4,7-8H2,1-3H3,(H2,13,15,17). The second-order valence-corrected chi connectivity index (χ2v) is 4.22. The highest BCUT2D eigenvalue weighted by Gasteiger charge is 2.01. The van der Waals surface area contributed by atoms with Crippen LogP contribution >= 0.6 is 12.2 Å². The topological polar surface area (TPSA) is 46.2 Å². The first-order valence-electron chi connectivity index (χ1n) is 5.61. The molecular formula is C12H19N3OS. The Morgan fingerprint density at radius 1 is 1.41 bits per heavy atom. The second-order valence-electron chi connectivity index (χ2n) is 3.81. The fourth-order valence-electron chi connectivity index (χ4n) is 1.40. The zero-order valence-corrected chi connectivity index (χ0v) is 11.4. The molecule has 0 atom stereocenters. The fraction of sp³-hybridized carbons (Fsp3) is 0.500. The summed E-state index contributed by atoms with van der Waals surface area (Å²) in [4.78, 5) is 4.37. The van der Waals surface area contributed by atoms with E-state index in [2.05, 4.69) is 15.6 Å². The summed E-state index contributed by atoms with van der Waals surface area (Å²) in [5.74, 6) is 0. The van der Waals surface area contributed by atoms with E-state index in [4.69, 9.17) is 17.0 Å². The number of ether oxygens (including phenoxy) is 1. The third-order valence-electron chi connectivity index (χ3n) is 2.28. The number of pyridine rings is 1. The molecule has 0 bridgehead atoms. The van der Waals surface area contributed by atoms with Crippen molar-refractivity contribution in [3.63, 3.8) is 0 Å². The van der Waals surface area contributed by atoms with Crippen LogP contribution in [-0.4, -0.2) is 30.4 Å². The lowest BCUT2D eigenvalue weighted by Crippen LogP contribution is -2.30. The lowest BCUT2D eigenvalue weighted by Gasteiger charge is -2.12. The van der Waals surface area contributed by atoms with E-state index in [1.165, 1.54) is 0 Å². The van der Waals surface area contributed by atoms with Crippen LogP contribution in [0.4, 0.5) is 5.69 Å². The molecule has 1 aromatic rings. The van der Waals surface area contributed by atoms with Gasteiger partial charge in [0.15, 0.2) is 5.11 Å². The number of rotatable bonds is 5. The van der Waals surface area contributed by atoms with Gasteiger partial charge in [0.2, 0.25) is 0 Å². The smallest absolute Gasteiger partial charge is 0.170 e. The van der Waals surface area contributed by atoms with Crippen LogP contribution < -0.4 is 10.6 Å². The Labute approximate surface area is 108 Å². The van der Waals surface area contributed by atoms with Crippen molar-refractivity contribution in [3.8, 4) is 0 Å². The van der Waals surface area contributed by atoms with Crippen molar-refractivity contribution in [1.29, 1.82) is 0 Å². The first-order chi connectivity index (χ1) is 8.13. The molecule has 0 aliphatic rings. The number of thiocarbonyl (C=S) groups is 1. The lowest BCUT2D eigenvalue weighted by atomic mass is 10.3. The number of hydrogen-bond acceptors (Lipinski definition) is 3. The molecule has 0 fully saturated rings. The van der Waals surface area contributed by atoms with Gasteiger partial charge in [-0.15, -0.1) is 0 Å². The van der Waals surface area contributed by atoms with Crippen molar-refractivity contribution in [1.82, 2.24) is 10.3 Å². The predicted octanol–water partition coefficient (Wildman–Crippen LogP) is 2.02. The maximum atomic E-state index is 5.19. The van der Waals surface area contributed by atoms with Crippen molar-refractivity contribution < 1.29 is 4.74 Å². The zero-order valence-electron chi connectivity index (χ0n) is 10.5. The molecule has 5 heteroatoms. The maximum Gasteiger partial charge on any atom is 0.170 e. The van der Waals surface area contributed by atoms with Crippen LogP contribution in [-0.2, 0) is 4.74 Å². The summed E-state index contributed by atoms with van der Waals surface area (Å²) in [6.45, 7) is 5.47. The molecule has 0 aliphatic carbocycles. The SMILES string of the molecule is COCCCNC(=S)Nc1ccc(C)nc1C. The van der Waals surface area contributed by atoms with Crippen molar-refractivity contribution in [3.05, 3.63) is 23.5 Å². The first-order valence-corrected chi connectivity index (χ1v) is 6.02. The lowest BCUT2D eigenvalue weighted by molar-refractivity contribution is 0.196. The maximum absolute atomic E-state index is 5.19. The van der Waals surface area contributed by atoms with E-state index < -0.39 is 0 Å². The van der Waals surface area contributed by atoms with E-state index in [0.717, 1.165) is 36.6 Å². The van der Waals surface area contributed by atoms with Crippen LogP contribution in [0, 0.1) is 13.8 Å². The van der Waals surface area contributed by atoms with Gasteiger partial charge < -0.3 is 15.4 Å². The fourth-order valence-corrected chi connectivity index (χ4v) is 1.62. The molecule has 0 spiro atoms. The average Bonchev–Trinajstić information content (AvgIpc) is 2.28. The number of aromatic nitrogens is 1. The summed E-state index contributed by atoms with van der Waals surface area (Å²) in [5, 5.41) is 6.87. The summed E-state index contributed by atoms with van der Waals surface area (Å²) in [5.41, 5.74) is 2.90. The van der Waals surface area contributed by atoms with Crippen LogP contribution in [0.25, 0.3) is 0 Å². The van der Waals surface area contributed by atoms with E-state index >= 15 is 0 Å². The third-order valence-corrected chi connectivity index (χ3v) is 2.53. The van der Waals surface area contributed by atoms with Crippen LogP contribution in [0.5, 0.6) is 0 Å². The van der Waals surface area contributed by atoms with Gasteiger partial charge in [0.1, 0.15) is 0 Å². The largest absolute Gasteiger partial charge is 0.385 e. The first kappa shape index (κ1) is 13.9. The molecule has 0 aromatic carbocycles. The minimum Gasteiger partial charge on any atom is -0.385 e. The van der Waals surface area contributed by atoms with E-state index in [1.54, 1.807) is 7.11 Å². The van der Waals surface area contributed by atoms with E-state index in [1.807, 2.05) is 26.0 Å². The highest BCUT2D eigenvalue weighted by atomic mass is 32.1. The second kappa shape index (κ2) is 7.19. The molecule has 1 heterocycles. The van der Waals surface area contributed by atoms with Gasteiger partial charge in [0.05, 0.1) is 11.4 Å². The van der Waals surface area contributed by atoms with E-state index in [9.17, 15) is 0 Å². The highest BCUT2D eigenvalue weighted by molar-refractivity contribution is 7.80. The summed E-state index contributed by atoms with van der Waals surface area (Å²) in [7, 11) is 1.69. The molecule has 0 radical (unpaired) electrons. The Balaban J connectivity index is 2.40. The molecule has 0 unspecified atom stereocenters. The molecule has 0 amide bonds. The summed E-state index contributed by atoms with van der Waals surface area (Å²) >= 11 is 5.19.